The zero-order chi connectivity index (χ0) is 19.5. The van der Waals surface area contributed by atoms with E-state index in [1.807, 2.05) is 0 Å². The molecular formula is C19H16F3N5O. The third kappa shape index (κ3) is 2.74. The van der Waals surface area contributed by atoms with Gasteiger partial charge in [-0.3, -0.25) is 0 Å². The maximum atomic E-state index is 14.3. The Hall–Kier alpha value is -3.23. The van der Waals surface area contributed by atoms with Crippen LogP contribution in [-0.2, 0) is 0 Å². The van der Waals surface area contributed by atoms with Gasteiger partial charge < -0.3 is 14.9 Å². The van der Waals surface area contributed by atoms with Crippen molar-refractivity contribution in [1.82, 2.24) is 14.6 Å². The van der Waals surface area contributed by atoms with Gasteiger partial charge in [0.15, 0.2) is 5.65 Å². The standard InChI is InChI=1S/C19H16F3N5O/c20-13-3-1-2-12(6-13)15-7-19(21,22)11-26(15)17-4-5-27-18(24-17)16(8-23-27)25-9-14(28)10-25/h1-6,8-9,15,28H,7,10-11H2/t15-/m1/s1. The van der Waals surface area contributed by atoms with Gasteiger partial charge in [0.25, 0.3) is 5.92 Å². The molecule has 2 aliphatic rings. The first-order valence-electron chi connectivity index (χ1n) is 8.80. The topological polar surface area (TPSA) is 56.9 Å². The van der Waals surface area contributed by atoms with Gasteiger partial charge in [-0.15, -0.1) is 0 Å². The minimum Gasteiger partial charge on any atom is -0.509 e. The second-order valence-corrected chi connectivity index (χ2v) is 7.09. The second-order valence-electron chi connectivity index (χ2n) is 7.09. The lowest BCUT2D eigenvalue weighted by atomic mass is 10.0. The number of fused-ring (bicyclic) bond motifs is 1. The minimum atomic E-state index is -2.90. The number of rotatable bonds is 3. The Morgan fingerprint density at radius 2 is 2.04 bits per heavy atom. The van der Waals surface area contributed by atoms with Crippen LogP contribution in [0.2, 0.25) is 0 Å². The lowest BCUT2D eigenvalue weighted by molar-refractivity contribution is 0.0222. The molecule has 3 aromatic rings. The van der Waals surface area contributed by atoms with E-state index in [4.69, 9.17) is 0 Å². The highest BCUT2D eigenvalue weighted by atomic mass is 19.3. The van der Waals surface area contributed by atoms with Crippen LogP contribution in [0.1, 0.15) is 18.0 Å². The van der Waals surface area contributed by atoms with Crippen molar-refractivity contribution in [3.05, 3.63) is 66.1 Å². The van der Waals surface area contributed by atoms with E-state index in [0.717, 1.165) is 0 Å². The average Bonchev–Trinajstić information content (AvgIpc) is 3.19. The van der Waals surface area contributed by atoms with Gasteiger partial charge in [-0.2, -0.15) is 5.10 Å². The van der Waals surface area contributed by atoms with E-state index in [1.165, 1.54) is 23.1 Å². The molecule has 1 fully saturated rings. The number of aliphatic hydroxyl groups is 1. The highest BCUT2D eigenvalue weighted by Crippen LogP contribution is 2.43. The van der Waals surface area contributed by atoms with Gasteiger partial charge in [-0.05, 0) is 23.8 Å². The first kappa shape index (κ1) is 16.9. The fourth-order valence-electron chi connectivity index (χ4n) is 3.76. The Labute approximate surface area is 158 Å². The SMILES string of the molecule is OC1=CN(c2cnn3ccc(N4CC(F)(F)C[C@@H]4c4cccc(F)c4)nc23)C1. The molecule has 9 heteroatoms. The van der Waals surface area contributed by atoms with Crippen LogP contribution in [0.15, 0.2) is 54.7 Å². The summed E-state index contributed by atoms with van der Waals surface area (Å²) in [6.45, 7) is -0.147. The van der Waals surface area contributed by atoms with Crippen LogP contribution in [0.3, 0.4) is 0 Å². The van der Waals surface area contributed by atoms with Crippen molar-refractivity contribution in [2.75, 3.05) is 22.9 Å². The molecule has 0 saturated carbocycles. The van der Waals surface area contributed by atoms with E-state index < -0.39 is 30.7 Å². The normalized spacial score (nSPS) is 21.1. The first-order valence-corrected chi connectivity index (χ1v) is 8.80. The van der Waals surface area contributed by atoms with E-state index in [0.29, 0.717) is 29.3 Å². The Kier molecular flexibility index (Phi) is 3.55. The molecule has 2 aromatic heterocycles. The fraction of sp³-hybridized carbons (Fsp3) is 0.263. The van der Waals surface area contributed by atoms with Crippen molar-refractivity contribution in [1.29, 1.82) is 0 Å². The minimum absolute atomic E-state index is 0.251. The Morgan fingerprint density at radius 3 is 2.79 bits per heavy atom. The molecule has 0 amide bonds. The largest absolute Gasteiger partial charge is 0.509 e. The Morgan fingerprint density at radius 1 is 1.21 bits per heavy atom. The lowest BCUT2D eigenvalue weighted by Crippen LogP contribution is -2.29. The molecule has 0 unspecified atom stereocenters. The molecule has 1 atom stereocenters. The van der Waals surface area contributed by atoms with E-state index >= 15 is 0 Å². The van der Waals surface area contributed by atoms with E-state index in [1.54, 1.807) is 40.1 Å². The predicted octanol–water partition coefficient (Wildman–Crippen LogP) is 3.67. The number of alkyl halides is 2. The smallest absolute Gasteiger partial charge is 0.267 e. The summed E-state index contributed by atoms with van der Waals surface area (Å²) in [4.78, 5) is 7.84. The maximum Gasteiger partial charge on any atom is 0.267 e. The summed E-state index contributed by atoms with van der Waals surface area (Å²) in [6.07, 6.45) is 4.42. The summed E-state index contributed by atoms with van der Waals surface area (Å²) < 4.78 is 43.7. The molecule has 5 rings (SSSR count). The summed E-state index contributed by atoms with van der Waals surface area (Å²) in [5.74, 6) is -2.74. The first-order chi connectivity index (χ1) is 13.4. The molecule has 1 N–H and O–H groups in total. The highest BCUT2D eigenvalue weighted by molar-refractivity contribution is 5.73. The van der Waals surface area contributed by atoms with Crippen molar-refractivity contribution >= 4 is 17.2 Å². The molecule has 6 nitrogen and oxygen atoms in total. The van der Waals surface area contributed by atoms with Crippen LogP contribution in [0.5, 0.6) is 0 Å². The summed E-state index contributed by atoms with van der Waals surface area (Å²) in [5, 5.41) is 13.6. The monoisotopic (exact) mass is 387 g/mol. The van der Waals surface area contributed by atoms with E-state index in [-0.39, 0.29) is 5.76 Å². The Bertz CT molecular complexity index is 1100. The summed E-state index contributed by atoms with van der Waals surface area (Å²) in [5.41, 5.74) is 1.66. The van der Waals surface area contributed by atoms with Crippen LogP contribution in [-0.4, -0.2) is 38.7 Å². The van der Waals surface area contributed by atoms with Crippen LogP contribution >= 0.6 is 0 Å². The van der Waals surface area contributed by atoms with Crippen molar-refractivity contribution in [3.63, 3.8) is 0 Å². The van der Waals surface area contributed by atoms with Crippen LogP contribution < -0.4 is 9.80 Å². The van der Waals surface area contributed by atoms with Gasteiger partial charge in [0.2, 0.25) is 0 Å². The summed E-state index contributed by atoms with van der Waals surface area (Å²) in [7, 11) is 0. The van der Waals surface area contributed by atoms with Gasteiger partial charge in [0.05, 0.1) is 25.3 Å². The zero-order valence-electron chi connectivity index (χ0n) is 14.6. The van der Waals surface area contributed by atoms with Crippen molar-refractivity contribution < 1.29 is 18.3 Å². The number of benzene rings is 1. The van der Waals surface area contributed by atoms with Gasteiger partial charge in [0, 0.05) is 18.8 Å². The molecule has 0 aliphatic carbocycles. The average molecular weight is 387 g/mol. The predicted molar refractivity (Wildman–Crippen MR) is 97.1 cm³/mol. The fourth-order valence-corrected chi connectivity index (χ4v) is 3.76. The zero-order valence-corrected chi connectivity index (χ0v) is 14.6. The molecule has 1 aromatic carbocycles. The van der Waals surface area contributed by atoms with Gasteiger partial charge in [-0.1, -0.05) is 12.1 Å². The molecule has 2 aliphatic heterocycles. The second kappa shape index (κ2) is 5.88. The molecule has 0 bridgehead atoms. The van der Waals surface area contributed by atoms with Crippen molar-refractivity contribution in [2.45, 2.75) is 18.4 Å². The van der Waals surface area contributed by atoms with Crippen LogP contribution in [0, 0.1) is 5.82 Å². The number of aliphatic hydroxyl groups excluding tert-OH is 1. The van der Waals surface area contributed by atoms with Gasteiger partial charge in [-0.25, -0.2) is 22.7 Å². The molecule has 1 saturated heterocycles. The summed E-state index contributed by atoms with van der Waals surface area (Å²) >= 11 is 0. The number of hydrogen-bond acceptors (Lipinski definition) is 5. The molecule has 0 spiro atoms. The number of anilines is 2. The third-order valence-electron chi connectivity index (χ3n) is 5.08. The molecule has 28 heavy (non-hydrogen) atoms. The highest BCUT2D eigenvalue weighted by Gasteiger charge is 2.46. The lowest BCUT2D eigenvalue weighted by Gasteiger charge is -2.27. The maximum absolute atomic E-state index is 14.3. The van der Waals surface area contributed by atoms with Crippen LogP contribution in [0.4, 0.5) is 24.7 Å². The van der Waals surface area contributed by atoms with E-state index in [2.05, 4.69) is 10.1 Å². The molecule has 144 valence electrons. The quantitative estimate of drug-likeness (QED) is 0.743. The van der Waals surface area contributed by atoms with Crippen molar-refractivity contribution in [2.24, 2.45) is 0 Å². The third-order valence-corrected chi connectivity index (χ3v) is 5.08. The molecule has 0 radical (unpaired) electrons. The number of nitrogens with zero attached hydrogens (tertiary/aromatic N) is 5. The number of hydrogen-bond donors (Lipinski definition) is 1. The number of aromatic nitrogens is 3. The van der Waals surface area contributed by atoms with Crippen molar-refractivity contribution in [3.8, 4) is 0 Å². The van der Waals surface area contributed by atoms with Gasteiger partial charge in [0.1, 0.15) is 23.1 Å². The Balaban J connectivity index is 1.56. The molecular weight excluding hydrogens is 371 g/mol. The van der Waals surface area contributed by atoms with Crippen LogP contribution in [0.25, 0.3) is 5.65 Å². The van der Waals surface area contributed by atoms with E-state index in [9.17, 15) is 18.3 Å². The van der Waals surface area contributed by atoms with Gasteiger partial charge >= 0.3 is 0 Å². The summed E-state index contributed by atoms with van der Waals surface area (Å²) in [6, 6.07) is 6.70. The number of halogens is 3. The molecule has 4 heterocycles.